The highest BCUT2D eigenvalue weighted by molar-refractivity contribution is 6.42. The highest BCUT2D eigenvalue weighted by Crippen LogP contribution is 2.36. The Labute approximate surface area is 126 Å². The summed E-state index contributed by atoms with van der Waals surface area (Å²) in [6.45, 7) is 5.56. The molecule has 0 aromatic heterocycles. The molecule has 1 saturated carbocycles. The number of likely N-dealkylation sites (N-methyl/N-ethyl adjacent to an activating group) is 1. The zero-order valence-electron chi connectivity index (χ0n) is 11.8. The van der Waals surface area contributed by atoms with Crippen molar-refractivity contribution in [3.05, 3.63) is 33.8 Å². The topological polar surface area (TPSA) is 12.0 Å². The van der Waals surface area contributed by atoms with Crippen LogP contribution in [0.2, 0.25) is 10.0 Å². The molecule has 3 atom stereocenters. The first-order valence-electron chi connectivity index (χ1n) is 7.29. The van der Waals surface area contributed by atoms with Gasteiger partial charge in [0.2, 0.25) is 0 Å². The van der Waals surface area contributed by atoms with E-state index in [1.165, 1.54) is 24.8 Å². The van der Waals surface area contributed by atoms with Crippen molar-refractivity contribution in [1.29, 1.82) is 0 Å². The molecule has 0 saturated heterocycles. The number of nitrogens with one attached hydrogen (secondary N) is 1. The van der Waals surface area contributed by atoms with Crippen molar-refractivity contribution in [3.63, 3.8) is 0 Å². The van der Waals surface area contributed by atoms with Crippen LogP contribution in [0.3, 0.4) is 0 Å². The quantitative estimate of drug-likeness (QED) is 0.811. The molecule has 0 aliphatic heterocycles. The van der Waals surface area contributed by atoms with Crippen molar-refractivity contribution in [1.82, 2.24) is 5.32 Å². The summed E-state index contributed by atoms with van der Waals surface area (Å²) in [6, 6.07) is 6.45. The minimum atomic E-state index is 0.512. The van der Waals surface area contributed by atoms with Gasteiger partial charge < -0.3 is 5.32 Å². The van der Waals surface area contributed by atoms with Crippen LogP contribution in [0.5, 0.6) is 0 Å². The molecule has 1 aromatic carbocycles. The molecule has 0 bridgehead atoms. The van der Waals surface area contributed by atoms with E-state index < -0.39 is 0 Å². The molecule has 0 heterocycles. The Morgan fingerprint density at radius 1 is 1.32 bits per heavy atom. The molecule has 2 rings (SSSR count). The first kappa shape index (κ1) is 15.2. The van der Waals surface area contributed by atoms with E-state index in [0.29, 0.717) is 11.1 Å². The second kappa shape index (κ2) is 6.97. The number of hydrogen-bond acceptors (Lipinski definition) is 1. The molecule has 1 aliphatic carbocycles. The summed E-state index contributed by atoms with van der Waals surface area (Å²) in [7, 11) is 0. The first-order valence-corrected chi connectivity index (χ1v) is 8.05. The largest absolute Gasteiger partial charge is 0.314 e. The summed E-state index contributed by atoms with van der Waals surface area (Å²) >= 11 is 12.4. The van der Waals surface area contributed by atoms with E-state index >= 15 is 0 Å². The van der Waals surface area contributed by atoms with Gasteiger partial charge in [-0.2, -0.15) is 0 Å². The monoisotopic (exact) mass is 299 g/mol. The van der Waals surface area contributed by atoms with Crippen molar-refractivity contribution < 1.29 is 0 Å². The van der Waals surface area contributed by atoms with Gasteiger partial charge in [-0.25, -0.2) is 0 Å². The third-order valence-corrected chi connectivity index (χ3v) is 5.24. The van der Waals surface area contributed by atoms with Crippen LogP contribution >= 0.6 is 23.2 Å². The zero-order valence-corrected chi connectivity index (χ0v) is 13.3. The van der Waals surface area contributed by atoms with E-state index in [0.717, 1.165) is 29.8 Å². The molecular formula is C16H23Cl2N. The van der Waals surface area contributed by atoms with Gasteiger partial charge in [-0.05, 0) is 42.9 Å². The number of benzene rings is 1. The van der Waals surface area contributed by atoms with E-state index in [1.807, 2.05) is 12.1 Å². The molecule has 1 nitrogen and oxygen atoms in total. The van der Waals surface area contributed by atoms with Crippen LogP contribution in [0.4, 0.5) is 0 Å². The lowest BCUT2D eigenvalue weighted by atomic mass is 9.86. The summed E-state index contributed by atoms with van der Waals surface area (Å²) in [5, 5.41) is 5.03. The average molecular weight is 300 g/mol. The van der Waals surface area contributed by atoms with Gasteiger partial charge in [-0.3, -0.25) is 0 Å². The maximum atomic E-state index is 6.32. The Morgan fingerprint density at radius 3 is 2.74 bits per heavy atom. The lowest BCUT2D eigenvalue weighted by Crippen LogP contribution is -2.39. The van der Waals surface area contributed by atoms with Gasteiger partial charge in [-0.15, -0.1) is 0 Å². The summed E-state index contributed by atoms with van der Waals surface area (Å²) in [6.07, 6.45) is 5.02. The second-order valence-electron chi connectivity index (χ2n) is 5.65. The maximum Gasteiger partial charge on any atom is 0.0624 e. The SMILES string of the molecule is CCNC(Cc1cccc(Cl)c1Cl)C1CCCC1C. The molecule has 0 radical (unpaired) electrons. The van der Waals surface area contributed by atoms with Gasteiger partial charge in [0.05, 0.1) is 10.0 Å². The molecule has 106 valence electrons. The predicted octanol–water partition coefficient (Wildman–Crippen LogP) is 4.95. The van der Waals surface area contributed by atoms with E-state index in [2.05, 4.69) is 25.2 Å². The summed E-state index contributed by atoms with van der Waals surface area (Å²) in [5.41, 5.74) is 1.17. The van der Waals surface area contributed by atoms with Gasteiger partial charge in [-0.1, -0.05) is 62.0 Å². The van der Waals surface area contributed by atoms with Gasteiger partial charge in [0.15, 0.2) is 0 Å². The summed E-state index contributed by atoms with van der Waals surface area (Å²) < 4.78 is 0. The highest BCUT2D eigenvalue weighted by Gasteiger charge is 2.30. The van der Waals surface area contributed by atoms with Crippen LogP contribution in [0, 0.1) is 11.8 Å². The molecule has 1 aliphatic rings. The van der Waals surface area contributed by atoms with Crippen molar-refractivity contribution >= 4 is 23.2 Å². The Kier molecular flexibility index (Phi) is 5.56. The fourth-order valence-corrected chi connectivity index (χ4v) is 3.75. The fourth-order valence-electron chi connectivity index (χ4n) is 3.35. The van der Waals surface area contributed by atoms with Gasteiger partial charge in [0, 0.05) is 6.04 Å². The molecule has 0 spiro atoms. The van der Waals surface area contributed by atoms with Gasteiger partial charge in [0.25, 0.3) is 0 Å². The average Bonchev–Trinajstić information content (AvgIpc) is 2.80. The van der Waals surface area contributed by atoms with E-state index in [9.17, 15) is 0 Å². The molecular weight excluding hydrogens is 277 g/mol. The van der Waals surface area contributed by atoms with Gasteiger partial charge >= 0.3 is 0 Å². The maximum absolute atomic E-state index is 6.32. The third kappa shape index (κ3) is 3.65. The Balaban J connectivity index is 2.14. The van der Waals surface area contributed by atoms with Crippen molar-refractivity contribution in [2.75, 3.05) is 6.54 Å². The Morgan fingerprint density at radius 2 is 2.11 bits per heavy atom. The number of hydrogen-bond donors (Lipinski definition) is 1. The molecule has 1 aromatic rings. The zero-order chi connectivity index (χ0) is 13.8. The predicted molar refractivity (Wildman–Crippen MR) is 84.1 cm³/mol. The number of rotatable bonds is 5. The van der Waals surface area contributed by atoms with Crippen molar-refractivity contribution in [3.8, 4) is 0 Å². The van der Waals surface area contributed by atoms with Crippen LogP contribution < -0.4 is 5.32 Å². The fraction of sp³-hybridized carbons (Fsp3) is 0.625. The summed E-state index contributed by atoms with van der Waals surface area (Å²) in [4.78, 5) is 0. The van der Waals surface area contributed by atoms with Gasteiger partial charge in [0.1, 0.15) is 0 Å². The first-order chi connectivity index (χ1) is 9.13. The van der Waals surface area contributed by atoms with E-state index in [1.54, 1.807) is 0 Å². The molecule has 3 unspecified atom stereocenters. The minimum Gasteiger partial charge on any atom is -0.314 e. The van der Waals surface area contributed by atoms with E-state index in [4.69, 9.17) is 23.2 Å². The van der Waals surface area contributed by atoms with Crippen LogP contribution in [-0.2, 0) is 6.42 Å². The molecule has 1 N–H and O–H groups in total. The minimum absolute atomic E-state index is 0.512. The lowest BCUT2D eigenvalue weighted by molar-refractivity contribution is 0.298. The second-order valence-corrected chi connectivity index (χ2v) is 6.44. The molecule has 19 heavy (non-hydrogen) atoms. The van der Waals surface area contributed by atoms with Crippen molar-refractivity contribution in [2.24, 2.45) is 11.8 Å². The van der Waals surface area contributed by atoms with E-state index in [-0.39, 0.29) is 0 Å². The lowest BCUT2D eigenvalue weighted by Gasteiger charge is -2.28. The smallest absolute Gasteiger partial charge is 0.0624 e. The standard InChI is InChI=1S/C16H23Cl2N/c1-3-19-15(13-8-4-6-11(13)2)10-12-7-5-9-14(17)16(12)18/h5,7,9,11,13,15,19H,3-4,6,8,10H2,1-2H3. The van der Waals surface area contributed by atoms with Crippen molar-refractivity contribution in [2.45, 2.75) is 45.6 Å². The van der Waals surface area contributed by atoms with Crippen LogP contribution in [0.25, 0.3) is 0 Å². The van der Waals surface area contributed by atoms with Crippen LogP contribution in [0.15, 0.2) is 18.2 Å². The summed E-state index contributed by atoms with van der Waals surface area (Å²) in [5.74, 6) is 1.57. The Bertz CT molecular complexity index is 419. The van der Waals surface area contributed by atoms with Crippen LogP contribution in [0.1, 0.15) is 38.7 Å². The van der Waals surface area contributed by atoms with Crippen LogP contribution in [-0.4, -0.2) is 12.6 Å². The Hall–Kier alpha value is -0.240. The highest BCUT2D eigenvalue weighted by atomic mass is 35.5. The normalized spacial score (nSPS) is 24.6. The molecule has 3 heteroatoms. The third-order valence-electron chi connectivity index (χ3n) is 4.38. The number of halogens is 2. The molecule has 0 amide bonds. The molecule has 1 fully saturated rings.